The van der Waals surface area contributed by atoms with Gasteiger partial charge in [0.2, 0.25) is 0 Å². The molecule has 3 aromatic rings. The highest BCUT2D eigenvalue weighted by molar-refractivity contribution is 7.89. The first-order valence-corrected chi connectivity index (χ1v) is 12.3. The van der Waals surface area contributed by atoms with Crippen LogP contribution in [0.1, 0.15) is 41.5 Å². The molecule has 1 aliphatic rings. The molecule has 32 heavy (non-hydrogen) atoms. The SMILES string of the molecule is C=C.C=CCC/C(=N\NS(=O)(=O)c1ccc(C)cc1)c1c2c(cc3ccccc13)CCC2. The molecule has 3 aromatic carbocycles. The van der Waals surface area contributed by atoms with Gasteiger partial charge in [0.1, 0.15) is 0 Å². The fraction of sp³-hybridized carbons (Fsp3) is 0.222. The number of hydrazone groups is 1. The molecule has 0 heterocycles. The number of hydrogen-bond donors (Lipinski definition) is 1. The van der Waals surface area contributed by atoms with Crippen LogP contribution in [0.15, 0.2) is 90.4 Å². The van der Waals surface area contributed by atoms with E-state index in [1.54, 1.807) is 24.3 Å². The number of allylic oxidation sites excluding steroid dienone is 1. The van der Waals surface area contributed by atoms with Gasteiger partial charge in [-0.25, -0.2) is 0 Å². The van der Waals surface area contributed by atoms with Crippen LogP contribution >= 0.6 is 0 Å². The predicted molar refractivity (Wildman–Crippen MR) is 135 cm³/mol. The largest absolute Gasteiger partial charge is 0.276 e. The third-order valence-corrected chi connectivity index (χ3v) is 6.85. The van der Waals surface area contributed by atoms with Gasteiger partial charge in [0.05, 0.1) is 10.6 Å². The number of hydrogen-bond acceptors (Lipinski definition) is 3. The van der Waals surface area contributed by atoms with Crippen molar-refractivity contribution in [2.24, 2.45) is 5.10 Å². The fourth-order valence-corrected chi connectivity index (χ4v) is 4.93. The van der Waals surface area contributed by atoms with Crippen molar-refractivity contribution in [3.63, 3.8) is 0 Å². The van der Waals surface area contributed by atoms with Crippen LogP contribution in [0.4, 0.5) is 0 Å². The lowest BCUT2D eigenvalue weighted by Gasteiger charge is -2.16. The van der Waals surface area contributed by atoms with E-state index in [9.17, 15) is 8.42 Å². The van der Waals surface area contributed by atoms with Gasteiger partial charge in [-0.15, -0.1) is 19.7 Å². The van der Waals surface area contributed by atoms with Crippen LogP contribution < -0.4 is 4.83 Å². The molecule has 0 fully saturated rings. The molecule has 1 N–H and O–H groups in total. The highest BCUT2D eigenvalue weighted by Gasteiger charge is 2.22. The number of benzene rings is 3. The van der Waals surface area contributed by atoms with Crippen LogP contribution in [-0.4, -0.2) is 14.1 Å². The van der Waals surface area contributed by atoms with Crippen molar-refractivity contribution in [1.29, 1.82) is 0 Å². The van der Waals surface area contributed by atoms with Crippen molar-refractivity contribution in [2.45, 2.75) is 43.9 Å². The molecular weight excluding hydrogens is 416 g/mol. The van der Waals surface area contributed by atoms with Crippen molar-refractivity contribution in [2.75, 3.05) is 0 Å². The van der Waals surface area contributed by atoms with Crippen molar-refractivity contribution in [3.8, 4) is 0 Å². The molecule has 166 valence electrons. The Bertz CT molecular complexity index is 1240. The second kappa shape index (κ2) is 10.4. The minimum atomic E-state index is -3.74. The standard InChI is InChI=1S/C25H26N2O2S.C2H4/c1-3-4-12-24(26-27-30(28,29)21-15-13-18(2)14-16-21)25-22-10-6-5-8-19(22)17-20-9-7-11-23(20)25;1-2/h3,5-6,8,10,13-17,27H,1,4,7,9,11-12H2,2H3;1-2H2/b26-24+;. The molecule has 0 unspecified atom stereocenters. The fourth-order valence-electron chi connectivity index (χ4n) is 4.10. The van der Waals surface area contributed by atoms with Crippen LogP contribution in [-0.2, 0) is 22.9 Å². The van der Waals surface area contributed by atoms with Gasteiger partial charge in [-0.05, 0) is 73.1 Å². The third-order valence-electron chi connectivity index (χ3n) is 5.63. The molecule has 0 atom stereocenters. The summed E-state index contributed by atoms with van der Waals surface area (Å²) in [5.41, 5.74) is 5.49. The summed E-state index contributed by atoms with van der Waals surface area (Å²) in [6.07, 6.45) is 6.35. The maximum Gasteiger partial charge on any atom is 0.276 e. The van der Waals surface area contributed by atoms with E-state index in [0.29, 0.717) is 6.42 Å². The molecule has 0 aliphatic heterocycles. The molecule has 0 bridgehead atoms. The van der Waals surface area contributed by atoms with E-state index < -0.39 is 10.0 Å². The van der Waals surface area contributed by atoms with Crippen molar-refractivity contribution >= 4 is 26.5 Å². The number of rotatable bonds is 7. The van der Waals surface area contributed by atoms with Gasteiger partial charge in [-0.2, -0.15) is 18.4 Å². The Hall–Kier alpha value is -3.18. The maximum absolute atomic E-state index is 12.8. The minimum absolute atomic E-state index is 0.211. The molecule has 0 amide bonds. The van der Waals surface area contributed by atoms with Crippen LogP contribution in [0.2, 0.25) is 0 Å². The summed E-state index contributed by atoms with van der Waals surface area (Å²) in [6, 6.07) is 17.3. The second-order valence-corrected chi connectivity index (χ2v) is 9.42. The summed E-state index contributed by atoms with van der Waals surface area (Å²) < 4.78 is 25.6. The minimum Gasteiger partial charge on any atom is -0.200 e. The van der Waals surface area contributed by atoms with Gasteiger partial charge >= 0.3 is 0 Å². The monoisotopic (exact) mass is 446 g/mol. The van der Waals surface area contributed by atoms with Crippen LogP contribution in [0, 0.1) is 6.92 Å². The molecule has 4 nitrogen and oxygen atoms in total. The molecule has 0 saturated carbocycles. The van der Waals surface area contributed by atoms with E-state index in [1.165, 1.54) is 16.5 Å². The molecule has 4 rings (SSSR count). The number of aryl methyl sites for hydroxylation is 2. The number of fused-ring (bicyclic) bond motifs is 2. The Balaban J connectivity index is 0.00000141. The lowest BCUT2D eigenvalue weighted by Crippen LogP contribution is -2.21. The van der Waals surface area contributed by atoms with Crippen LogP contribution in [0.3, 0.4) is 0 Å². The zero-order valence-corrected chi connectivity index (χ0v) is 19.4. The lowest BCUT2D eigenvalue weighted by molar-refractivity contribution is 0.584. The Morgan fingerprint density at radius 3 is 2.53 bits per heavy atom. The summed E-state index contributed by atoms with van der Waals surface area (Å²) >= 11 is 0. The summed E-state index contributed by atoms with van der Waals surface area (Å²) in [6.45, 7) is 11.8. The first kappa shape index (κ1) is 23.5. The molecule has 1 aliphatic carbocycles. The average Bonchev–Trinajstić information content (AvgIpc) is 3.28. The lowest BCUT2D eigenvalue weighted by atomic mass is 9.91. The van der Waals surface area contributed by atoms with Crippen molar-refractivity contribution in [3.05, 3.63) is 103 Å². The van der Waals surface area contributed by atoms with E-state index in [-0.39, 0.29) is 4.90 Å². The summed E-state index contributed by atoms with van der Waals surface area (Å²) in [5, 5.41) is 6.75. The van der Waals surface area contributed by atoms with Gasteiger partial charge in [-0.3, -0.25) is 0 Å². The highest BCUT2D eigenvalue weighted by atomic mass is 32.2. The molecule has 0 aromatic heterocycles. The zero-order valence-electron chi connectivity index (χ0n) is 18.6. The van der Waals surface area contributed by atoms with Crippen molar-refractivity contribution < 1.29 is 8.42 Å². The van der Waals surface area contributed by atoms with Gasteiger partial charge < -0.3 is 0 Å². The Morgan fingerprint density at radius 2 is 1.81 bits per heavy atom. The van der Waals surface area contributed by atoms with E-state index in [4.69, 9.17) is 0 Å². The van der Waals surface area contributed by atoms with Gasteiger partial charge in [0.25, 0.3) is 10.0 Å². The Kier molecular flexibility index (Phi) is 7.65. The Morgan fingerprint density at radius 1 is 1.09 bits per heavy atom. The van der Waals surface area contributed by atoms with Crippen LogP contribution in [0.25, 0.3) is 10.8 Å². The van der Waals surface area contributed by atoms with Gasteiger partial charge in [-0.1, -0.05) is 54.1 Å². The van der Waals surface area contributed by atoms with E-state index >= 15 is 0 Å². The molecular formula is C27H30N2O2S. The predicted octanol–water partition coefficient (Wildman–Crippen LogP) is 6.09. The van der Waals surface area contributed by atoms with E-state index in [1.807, 2.05) is 25.1 Å². The van der Waals surface area contributed by atoms with Crippen LogP contribution in [0.5, 0.6) is 0 Å². The molecule has 0 spiro atoms. The quantitative estimate of drug-likeness (QED) is 0.271. The highest BCUT2D eigenvalue weighted by Crippen LogP contribution is 2.33. The smallest absolute Gasteiger partial charge is 0.200 e. The van der Waals surface area contributed by atoms with Gasteiger partial charge in [0.15, 0.2) is 0 Å². The first-order chi connectivity index (χ1) is 15.5. The van der Waals surface area contributed by atoms with E-state index in [2.05, 4.69) is 47.9 Å². The number of sulfonamides is 1. The molecule has 0 saturated heterocycles. The topological polar surface area (TPSA) is 58.5 Å². The van der Waals surface area contributed by atoms with Crippen molar-refractivity contribution in [1.82, 2.24) is 4.83 Å². The average molecular weight is 447 g/mol. The third kappa shape index (κ3) is 5.00. The van der Waals surface area contributed by atoms with Gasteiger partial charge in [0, 0.05) is 5.56 Å². The summed E-state index contributed by atoms with van der Waals surface area (Å²) in [5.74, 6) is 0. The number of nitrogens with zero attached hydrogens (tertiary/aromatic N) is 1. The molecule has 5 heteroatoms. The first-order valence-electron chi connectivity index (χ1n) is 10.8. The normalized spacial score (nSPS) is 13.2. The Labute approximate surface area is 191 Å². The van der Waals surface area contributed by atoms with E-state index in [0.717, 1.165) is 47.9 Å². The number of nitrogens with one attached hydrogen (secondary N) is 1. The summed E-state index contributed by atoms with van der Waals surface area (Å²) in [7, 11) is -3.74. The second-order valence-electron chi connectivity index (χ2n) is 7.76. The summed E-state index contributed by atoms with van der Waals surface area (Å²) in [4.78, 5) is 2.70. The maximum atomic E-state index is 12.8. The molecule has 0 radical (unpaired) electrons. The zero-order chi connectivity index (χ0) is 23.1.